The molecule has 6 nitrogen and oxygen atoms in total. The molecule has 0 bridgehead atoms. The van der Waals surface area contributed by atoms with Gasteiger partial charge in [0.25, 0.3) is 5.56 Å². The minimum atomic E-state index is -0.332. The molecule has 0 radical (unpaired) electrons. The Kier molecular flexibility index (Phi) is 3.50. The molecule has 0 aliphatic heterocycles. The van der Waals surface area contributed by atoms with Gasteiger partial charge in [0.05, 0.1) is 0 Å². The van der Waals surface area contributed by atoms with Gasteiger partial charge in [-0.25, -0.2) is 4.52 Å². The van der Waals surface area contributed by atoms with Crippen LogP contribution in [0.3, 0.4) is 0 Å². The molecule has 0 spiro atoms. The average molecular weight is 297 g/mol. The van der Waals surface area contributed by atoms with Crippen molar-refractivity contribution in [3.8, 4) is 11.4 Å². The largest absolute Gasteiger partial charge is 0.461 e. The molecule has 0 saturated heterocycles. The van der Waals surface area contributed by atoms with Crippen molar-refractivity contribution >= 4 is 11.5 Å². The highest BCUT2D eigenvalue weighted by atomic mass is 16.5. The number of aromatic amines is 1. The van der Waals surface area contributed by atoms with Crippen molar-refractivity contribution in [2.45, 2.75) is 20.5 Å². The predicted molar refractivity (Wildman–Crippen MR) is 81.5 cm³/mol. The molecular formula is C16H15N3O3. The first-order valence-electron chi connectivity index (χ1n) is 6.85. The summed E-state index contributed by atoms with van der Waals surface area (Å²) < 4.78 is 6.55. The van der Waals surface area contributed by atoms with Crippen LogP contribution in [0.4, 0.5) is 0 Å². The number of nitrogens with one attached hydrogen (secondary N) is 1. The fraction of sp³-hybridized carbons (Fsp3) is 0.188. The van der Waals surface area contributed by atoms with Crippen molar-refractivity contribution in [1.29, 1.82) is 0 Å². The Morgan fingerprint density at radius 2 is 2.18 bits per heavy atom. The molecule has 2 aromatic heterocycles. The summed E-state index contributed by atoms with van der Waals surface area (Å²) in [6.07, 6.45) is 1.80. The van der Waals surface area contributed by atoms with E-state index >= 15 is 0 Å². The maximum atomic E-state index is 12.1. The van der Waals surface area contributed by atoms with Crippen LogP contribution in [-0.2, 0) is 16.1 Å². The van der Waals surface area contributed by atoms with Gasteiger partial charge in [0, 0.05) is 18.7 Å². The average Bonchev–Trinajstić information content (AvgIpc) is 2.86. The molecule has 0 saturated carbocycles. The van der Waals surface area contributed by atoms with Crippen molar-refractivity contribution in [2.24, 2.45) is 0 Å². The lowest BCUT2D eigenvalue weighted by Crippen LogP contribution is -2.13. The number of H-pyrrole nitrogens is 1. The highest BCUT2D eigenvalue weighted by Gasteiger charge is 2.08. The van der Waals surface area contributed by atoms with Gasteiger partial charge in [-0.05, 0) is 30.2 Å². The summed E-state index contributed by atoms with van der Waals surface area (Å²) in [5, 5.41) is 4.42. The van der Waals surface area contributed by atoms with E-state index in [1.807, 2.05) is 31.2 Å². The van der Waals surface area contributed by atoms with E-state index in [1.54, 1.807) is 16.8 Å². The molecule has 3 rings (SSSR count). The summed E-state index contributed by atoms with van der Waals surface area (Å²) in [5.41, 5.74) is 2.88. The molecule has 0 aliphatic carbocycles. The van der Waals surface area contributed by atoms with Crippen LogP contribution >= 0.6 is 0 Å². The summed E-state index contributed by atoms with van der Waals surface area (Å²) in [5.74, 6) is 0.138. The summed E-state index contributed by atoms with van der Waals surface area (Å²) >= 11 is 0. The minimum Gasteiger partial charge on any atom is -0.461 e. The molecule has 0 atom stereocenters. The van der Waals surface area contributed by atoms with Crippen molar-refractivity contribution < 1.29 is 9.53 Å². The predicted octanol–water partition coefficient (Wildman–Crippen LogP) is 2.06. The van der Waals surface area contributed by atoms with Gasteiger partial charge in [0.1, 0.15) is 12.1 Å². The van der Waals surface area contributed by atoms with Crippen LogP contribution in [0.15, 0.2) is 41.3 Å². The van der Waals surface area contributed by atoms with Crippen LogP contribution in [0.1, 0.15) is 18.1 Å². The second kappa shape index (κ2) is 5.48. The van der Waals surface area contributed by atoms with E-state index in [1.165, 1.54) is 6.92 Å². The molecule has 2 heterocycles. The van der Waals surface area contributed by atoms with Crippen LogP contribution in [0.25, 0.3) is 16.9 Å². The Bertz CT molecular complexity index is 908. The molecule has 1 aromatic carbocycles. The second-order valence-corrected chi connectivity index (χ2v) is 5.13. The molecule has 0 unspecified atom stereocenters. The third kappa shape index (κ3) is 2.76. The van der Waals surface area contributed by atoms with Crippen molar-refractivity contribution in [3.05, 3.63) is 58.0 Å². The van der Waals surface area contributed by atoms with Gasteiger partial charge >= 0.3 is 5.97 Å². The number of esters is 1. The Balaban J connectivity index is 2.01. The molecular weight excluding hydrogens is 282 g/mol. The number of ether oxygens (including phenoxy) is 1. The lowest BCUT2D eigenvalue weighted by Gasteiger charge is -2.06. The van der Waals surface area contributed by atoms with E-state index in [9.17, 15) is 9.59 Å². The summed E-state index contributed by atoms with van der Waals surface area (Å²) in [6.45, 7) is 3.47. The van der Waals surface area contributed by atoms with Crippen LogP contribution in [0.5, 0.6) is 0 Å². The number of aromatic nitrogens is 3. The number of rotatable bonds is 3. The molecule has 0 fully saturated rings. The molecule has 112 valence electrons. The van der Waals surface area contributed by atoms with E-state index in [2.05, 4.69) is 10.1 Å². The van der Waals surface area contributed by atoms with E-state index in [0.29, 0.717) is 11.3 Å². The molecule has 1 N–H and O–H groups in total. The third-order valence-electron chi connectivity index (χ3n) is 3.25. The van der Waals surface area contributed by atoms with Crippen molar-refractivity contribution in [2.75, 3.05) is 0 Å². The van der Waals surface area contributed by atoms with E-state index in [-0.39, 0.29) is 18.1 Å². The van der Waals surface area contributed by atoms with Crippen LogP contribution in [-0.4, -0.2) is 20.6 Å². The first kappa shape index (κ1) is 14.1. The van der Waals surface area contributed by atoms with Gasteiger partial charge in [-0.2, -0.15) is 0 Å². The summed E-state index contributed by atoms with van der Waals surface area (Å²) in [7, 11) is 0. The zero-order chi connectivity index (χ0) is 15.7. The quantitative estimate of drug-likeness (QED) is 0.751. The normalized spacial score (nSPS) is 10.8. The SMILES string of the molecule is CC(=O)OCc1cccc(-c2nn3cc(C)cc3c(=O)[nH]2)c1. The highest BCUT2D eigenvalue weighted by molar-refractivity contribution is 5.66. The lowest BCUT2D eigenvalue weighted by molar-refractivity contribution is -0.142. The van der Waals surface area contributed by atoms with Crippen molar-refractivity contribution in [1.82, 2.24) is 14.6 Å². The fourth-order valence-corrected chi connectivity index (χ4v) is 2.26. The number of fused-ring (bicyclic) bond motifs is 1. The van der Waals surface area contributed by atoms with E-state index < -0.39 is 0 Å². The summed E-state index contributed by atoms with van der Waals surface area (Å²) in [4.78, 5) is 25.8. The third-order valence-corrected chi connectivity index (χ3v) is 3.25. The number of hydrogen-bond donors (Lipinski definition) is 1. The Morgan fingerprint density at radius 1 is 1.36 bits per heavy atom. The van der Waals surface area contributed by atoms with Gasteiger partial charge in [-0.15, -0.1) is 5.10 Å². The van der Waals surface area contributed by atoms with E-state index in [0.717, 1.165) is 16.7 Å². The van der Waals surface area contributed by atoms with Gasteiger partial charge in [-0.1, -0.05) is 18.2 Å². The maximum absolute atomic E-state index is 12.1. The highest BCUT2D eigenvalue weighted by Crippen LogP contribution is 2.16. The van der Waals surface area contributed by atoms with Gasteiger partial charge in [0.15, 0.2) is 5.82 Å². The Hall–Kier alpha value is -2.89. The maximum Gasteiger partial charge on any atom is 0.302 e. The molecule has 3 aromatic rings. The van der Waals surface area contributed by atoms with Crippen LogP contribution < -0.4 is 5.56 Å². The first-order valence-corrected chi connectivity index (χ1v) is 6.85. The summed E-state index contributed by atoms with van der Waals surface area (Å²) in [6, 6.07) is 9.15. The Labute approximate surface area is 126 Å². The minimum absolute atomic E-state index is 0.191. The molecule has 0 amide bonds. The van der Waals surface area contributed by atoms with E-state index in [4.69, 9.17) is 4.74 Å². The molecule has 6 heteroatoms. The van der Waals surface area contributed by atoms with Crippen LogP contribution in [0, 0.1) is 6.92 Å². The fourth-order valence-electron chi connectivity index (χ4n) is 2.26. The molecule has 22 heavy (non-hydrogen) atoms. The van der Waals surface area contributed by atoms with Crippen LogP contribution in [0.2, 0.25) is 0 Å². The monoisotopic (exact) mass is 297 g/mol. The number of aryl methyl sites for hydroxylation is 1. The van der Waals surface area contributed by atoms with Crippen molar-refractivity contribution in [3.63, 3.8) is 0 Å². The first-order chi connectivity index (χ1) is 10.5. The van der Waals surface area contributed by atoms with Gasteiger partial charge in [-0.3, -0.25) is 9.59 Å². The Morgan fingerprint density at radius 3 is 2.95 bits per heavy atom. The molecule has 0 aliphatic rings. The number of carbonyl (C=O) groups is 1. The smallest absolute Gasteiger partial charge is 0.302 e. The zero-order valence-corrected chi connectivity index (χ0v) is 12.3. The number of nitrogens with zero attached hydrogens (tertiary/aromatic N) is 2. The standard InChI is InChI=1S/C16H15N3O3/c1-10-6-14-16(21)17-15(18-19(14)8-10)13-5-3-4-12(7-13)9-22-11(2)20/h3-8H,9H2,1-2H3,(H,17,18,21). The lowest BCUT2D eigenvalue weighted by atomic mass is 10.1. The van der Waals surface area contributed by atoms with Gasteiger partial charge < -0.3 is 9.72 Å². The topological polar surface area (TPSA) is 76.5 Å². The number of benzene rings is 1. The number of carbonyl (C=O) groups excluding carboxylic acids is 1. The zero-order valence-electron chi connectivity index (χ0n) is 12.3. The number of hydrogen-bond acceptors (Lipinski definition) is 4. The van der Waals surface area contributed by atoms with Gasteiger partial charge in [0.2, 0.25) is 0 Å². The second-order valence-electron chi connectivity index (χ2n) is 5.13.